The normalized spacial score (nSPS) is 41.7. The van der Waals surface area contributed by atoms with Gasteiger partial charge in [-0.05, 0) is 26.2 Å². The van der Waals surface area contributed by atoms with Crippen LogP contribution in [0, 0.1) is 11.8 Å². The third-order valence-electron chi connectivity index (χ3n) is 4.00. The first kappa shape index (κ1) is 16.9. The average Bonchev–Trinajstić information content (AvgIpc) is 2.62. The van der Waals surface area contributed by atoms with Gasteiger partial charge in [-0.15, -0.1) is 0 Å². The van der Waals surface area contributed by atoms with Crippen molar-refractivity contribution in [3.8, 4) is 0 Å². The van der Waals surface area contributed by atoms with Crippen LogP contribution in [0.5, 0.6) is 0 Å². The highest BCUT2D eigenvalue weighted by Gasteiger charge is 2.56. The SMILES string of the molecule is CO[C@H]1O[C@H](CC(C)C)[C@@H]2OC(C)(C)O[C@@H]2[C@H]1C(C)I. The Hall–Kier alpha value is 0.570. The van der Waals surface area contributed by atoms with E-state index in [0.717, 1.165) is 6.42 Å². The molecule has 2 aliphatic rings. The van der Waals surface area contributed by atoms with Crippen LogP contribution in [0.15, 0.2) is 0 Å². The topological polar surface area (TPSA) is 36.9 Å². The molecule has 1 unspecified atom stereocenters. The molecule has 2 fully saturated rings. The molecule has 0 aromatic heterocycles. The molecule has 118 valence electrons. The van der Waals surface area contributed by atoms with Crippen molar-refractivity contribution >= 4 is 22.6 Å². The minimum Gasteiger partial charge on any atom is -0.355 e. The third kappa shape index (κ3) is 3.48. The van der Waals surface area contributed by atoms with Crippen LogP contribution in [0.4, 0.5) is 0 Å². The Morgan fingerprint density at radius 1 is 1.15 bits per heavy atom. The zero-order valence-corrected chi connectivity index (χ0v) is 15.4. The van der Waals surface area contributed by atoms with Gasteiger partial charge in [0, 0.05) is 11.0 Å². The standard InChI is InChI=1S/C15H27IO4/c1-8(2)7-10-12-13(20-15(4,5)19-12)11(9(3)16)14(17-6)18-10/h8-14H,7H2,1-6H3/t9?,10-,11-,12+,13-,14+/m1/s1. The molecule has 2 rings (SSSR count). The molecule has 0 N–H and O–H groups in total. The van der Waals surface area contributed by atoms with Crippen molar-refractivity contribution in [3.05, 3.63) is 0 Å². The summed E-state index contributed by atoms with van der Waals surface area (Å²) >= 11 is 2.43. The second-order valence-corrected chi connectivity index (χ2v) is 8.69. The van der Waals surface area contributed by atoms with Gasteiger partial charge in [-0.2, -0.15) is 0 Å². The number of methoxy groups -OCH3 is 1. The molecule has 2 heterocycles. The molecular formula is C15H27IO4. The second-order valence-electron chi connectivity index (χ2n) is 6.73. The Morgan fingerprint density at radius 3 is 2.25 bits per heavy atom. The van der Waals surface area contributed by atoms with Crippen molar-refractivity contribution in [2.75, 3.05) is 7.11 Å². The Balaban J connectivity index is 2.25. The Kier molecular flexibility index (Phi) is 5.39. The molecule has 0 aromatic rings. The number of alkyl halides is 1. The average molecular weight is 398 g/mol. The predicted octanol–water partition coefficient (Wildman–Crippen LogP) is 3.36. The van der Waals surface area contributed by atoms with Crippen molar-refractivity contribution in [3.63, 3.8) is 0 Å². The first-order chi connectivity index (χ1) is 9.25. The van der Waals surface area contributed by atoms with E-state index in [-0.39, 0.29) is 30.5 Å². The summed E-state index contributed by atoms with van der Waals surface area (Å²) in [5, 5.41) is 0. The Labute approximate surface area is 136 Å². The van der Waals surface area contributed by atoms with Crippen LogP contribution in [0.25, 0.3) is 0 Å². The molecule has 2 aliphatic heterocycles. The monoisotopic (exact) mass is 398 g/mol. The van der Waals surface area contributed by atoms with Crippen LogP contribution in [-0.2, 0) is 18.9 Å². The van der Waals surface area contributed by atoms with Crippen LogP contribution in [-0.4, -0.2) is 41.4 Å². The van der Waals surface area contributed by atoms with Crippen molar-refractivity contribution < 1.29 is 18.9 Å². The molecule has 20 heavy (non-hydrogen) atoms. The summed E-state index contributed by atoms with van der Waals surface area (Å²) in [6.07, 6.45) is 0.825. The molecule has 2 saturated heterocycles. The van der Waals surface area contributed by atoms with E-state index < -0.39 is 5.79 Å². The van der Waals surface area contributed by atoms with Crippen molar-refractivity contribution in [2.24, 2.45) is 11.8 Å². The van der Waals surface area contributed by atoms with Crippen LogP contribution in [0.1, 0.15) is 41.0 Å². The Bertz CT molecular complexity index is 332. The maximum atomic E-state index is 6.20. The van der Waals surface area contributed by atoms with E-state index in [1.807, 2.05) is 13.8 Å². The van der Waals surface area contributed by atoms with E-state index in [4.69, 9.17) is 18.9 Å². The minimum absolute atomic E-state index is 0.000941. The fourth-order valence-corrected chi connectivity index (χ4v) is 3.99. The van der Waals surface area contributed by atoms with Gasteiger partial charge < -0.3 is 18.9 Å². The largest absolute Gasteiger partial charge is 0.355 e. The van der Waals surface area contributed by atoms with Crippen LogP contribution in [0.2, 0.25) is 0 Å². The first-order valence-corrected chi connectivity index (χ1v) is 8.67. The zero-order chi connectivity index (χ0) is 15.1. The summed E-state index contributed by atoms with van der Waals surface area (Å²) in [5.74, 6) is 0.204. The number of fused-ring (bicyclic) bond motifs is 1. The Morgan fingerprint density at radius 2 is 1.75 bits per heavy atom. The number of hydrogen-bond donors (Lipinski definition) is 0. The van der Waals surface area contributed by atoms with Gasteiger partial charge in [-0.1, -0.05) is 43.4 Å². The number of hydrogen-bond acceptors (Lipinski definition) is 4. The lowest BCUT2D eigenvalue weighted by Crippen LogP contribution is -2.56. The number of ether oxygens (including phenoxy) is 4. The van der Waals surface area contributed by atoms with Gasteiger partial charge in [0.25, 0.3) is 0 Å². The molecule has 6 atom stereocenters. The number of halogens is 1. The summed E-state index contributed by atoms with van der Waals surface area (Å²) in [7, 11) is 1.71. The number of rotatable bonds is 4. The fraction of sp³-hybridized carbons (Fsp3) is 1.00. The molecule has 0 radical (unpaired) electrons. The maximum Gasteiger partial charge on any atom is 0.164 e. The quantitative estimate of drug-likeness (QED) is 0.538. The minimum atomic E-state index is -0.541. The van der Waals surface area contributed by atoms with Gasteiger partial charge in [-0.25, -0.2) is 0 Å². The summed E-state index contributed by atoms with van der Waals surface area (Å²) in [4.78, 5) is 0. The summed E-state index contributed by atoms with van der Waals surface area (Å²) in [6.45, 7) is 10.5. The van der Waals surface area contributed by atoms with Gasteiger partial charge in [-0.3, -0.25) is 0 Å². The summed E-state index contributed by atoms with van der Waals surface area (Å²) in [6, 6.07) is 0. The van der Waals surface area contributed by atoms with Crippen molar-refractivity contribution in [1.29, 1.82) is 0 Å². The molecule has 0 aliphatic carbocycles. The summed E-state index contributed by atoms with van der Waals surface area (Å²) < 4.78 is 24.5. The molecule has 0 saturated carbocycles. The predicted molar refractivity (Wildman–Crippen MR) is 85.9 cm³/mol. The lowest BCUT2D eigenvalue weighted by molar-refractivity contribution is -0.252. The van der Waals surface area contributed by atoms with Gasteiger partial charge in [0.05, 0.1) is 18.1 Å². The molecular weight excluding hydrogens is 371 g/mol. The molecule has 0 amide bonds. The highest BCUT2D eigenvalue weighted by Crippen LogP contribution is 2.44. The van der Waals surface area contributed by atoms with E-state index in [2.05, 4.69) is 43.4 Å². The third-order valence-corrected chi connectivity index (χ3v) is 4.83. The molecule has 4 nitrogen and oxygen atoms in total. The second kappa shape index (κ2) is 6.36. The van der Waals surface area contributed by atoms with Crippen LogP contribution in [0.3, 0.4) is 0 Å². The molecule has 5 heteroatoms. The van der Waals surface area contributed by atoms with Crippen LogP contribution < -0.4 is 0 Å². The molecule has 0 bridgehead atoms. The molecule has 0 spiro atoms. The van der Waals surface area contributed by atoms with E-state index in [1.54, 1.807) is 7.11 Å². The van der Waals surface area contributed by atoms with Crippen molar-refractivity contribution in [2.45, 2.75) is 75.4 Å². The fourth-order valence-electron chi connectivity index (χ4n) is 3.24. The van der Waals surface area contributed by atoms with E-state index in [9.17, 15) is 0 Å². The highest BCUT2D eigenvalue weighted by molar-refractivity contribution is 14.1. The summed E-state index contributed by atoms with van der Waals surface area (Å²) in [5.41, 5.74) is 0. The van der Waals surface area contributed by atoms with Gasteiger partial charge in [0.1, 0.15) is 6.10 Å². The van der Waals surface area contributed by atoms with Crippen LogP contribution >= 0.6 is 22.6 Å². The lowest BCUT2D eigenvalue weighted by Gasteiger charge is -2.43. The van der Waals surface area contributed by atoms with Gasteiger partial charge in [0.2, 0.25) is 0 Å². The smallest absolute Gasteiger partial charge is 0.164 e. The first-order valence-electron chi connectivity index (χ1n) is 7.43. The lowest BCUT2D eigenvalue weighted by atomic mass is 9.86. The highest BCUT2D eigenvalue weighted by atomic mass is 127. The molecule has 0 aromatic carbocycles. The maximum absolute atomic E-state index is 6.20. The van der Waals surface area contributed by atoms with Crippen molar-refractivity contribution in [1.82, 2.24) is 0 Å². The van der Waals surface area contributed by atoms with E-state index >= 15 is 0 Å². The van der Waals surface area contributed by atoms with Gasteiger partial charge >= 0.3 is 0 Å². The van der Waals surface area contributed by atoms with E-state index in [1.165, 1.54) is 0 Å². The van der Waals surface area contributed by atoms with E-state index in [0.29, 0.717) is 9.84 Å². The zero-order valence-electron chi connectivity index (χ0n) is 13.3. The van der Waals surface area contributed by atoms with Gasteiger partial charge in [0.15, 0.2) is 12.1 Å².